The molecule has 1 unspecified atom stereocenters. The molecule has 1 atom stereocenters. The monoisotopic (exact) mass is 474 g/mol. The molecular weight excluding hydrogens is 444 g/mol. The first-order chi connectivity index (χ1) is 14.1. The first-order valence-electron chi connectivity index (χ1n) is 10.1. The standard InChI is InChI=1S/C24H31BrN2O3/c1-15(2)26-24(29)19(6)27(13-20-10-8-7-9-16(20)3)22(28)14-30-21-11-17(4)23(25)18(5)12-21/h7-12,15,19H,13-14H2,1-6H3,(H,26,29). The molecule has 0 bridgehead atoms. The van der Waals surface area contributed by atoms with E-state index in [4.69, 9.17) is 4.74 Å². The maximum absolute atomic E-state index is 13.1. The molecule has 2 rings (SSSR count). The van der Waals surface area contributed by atoms with Gasteiger partial charge in [0.25, 0.3) is 5.91 Å². The third kappa shape index (κ3) is 6.33. The molecule has 0 aromatic heterocycles. The molecule has 0 saturated carbocycles. The number of ether oxygens (including phenoxy) is 1. The van der Waals surface area contributed by atoms with Crippen molar-refractivity contribution in [1.29, 1.82) is 0 Å². The summed E-state index contributed by atoms with van der Waals surface area (Å²) < 4.78 is 6.83. The smallest absolute Gasteiger partial charge is 0.261 e. The average molecular weight is 475 g/mol. The molecule has 2 amide bonds. The van der Waals surface area contributed by atoms with Gasteiger partial charge in [0.15, 0.2) is 6.61 Å². The van der Waals surface area contributed by atoms with Crippen LogP contribution in [0.2, 0.25) is 0 Å². The van der Waals surface area contributed by atoms with Crippen LogP contribution in [0.3, 0.4) is 0 Å². The number of aryl methyl sites for hydroxylation is 3. The van der Waals surface area contributed by atoms with E-state index in [9.17, 15) is 9.59 Å². The number of hydrogen-bond acceptors (Lipinski definition) is 3. The Morgan fingerprint density at radius 2 is 1.63 bits per heavy atom. The molecule has 1 N–H and O–H groups in total. The van der Waals surface area contributed by atoms with Crippen LogP contribution >= 0.6 is 15.9 Å². The van der Waals surface area contributed by atoms with E-state index in [1.165, 1.54) is 0 Å². The van der Waals surface area contributed by atoms with Crippen molar-refractivity contribution >= 4 is 27.7 Å². The molecular formula is C24H31BrN2O3. The Kier molecular flexibility index (Phi) is 8.47. The lowest BCUT2D eigenvalue weighted by atomic mass is 10.1. The quantitative estimate of drug-likeness (QED) is 0.603. The van der Waals surface area contributed by atoms with E-state index in [2.05, 4.69) is 21.2 Å². The van der Waals surface area contributed by atoms with Gasteiger partial charge < -0.3 is 15.0 Å². The normalized spacial score (nSPS) is 11.9. The maximum Gasteiger partial charge on any atom is 0.261 e. The van der Waals surface area contributed by atoms with E-state index in [1.54, 1.807) is 11.8 Å². The third-order valence-electron chi connectivity index (χ3n) is 4.97. The number of benzene rings is 2. The highest BCUT2D eigenvalue weighted by Gasteiger charge is 2.27. The molecule has 0 saturated heterocycles. The van der Waals surface area contributed by atoms with Gasteiger partial charge in [0.2, 0.25) is 5.91 Å². The minimum Gasteiger partial charge on any atom is -0.484 e. The van der Waals surface area contributed by atoms with E-state index >= 15 is 0 Å². The molecule has 0 spiro atoms. The van der Waals surface area contributed by atoms with Crippen LogP contribution in [0.5, 0.6) is 5.75 Å². The predicted octanol–water partition coefficient (Wildman–Crippen LogP) is 4.70. The Morgan fingerprint density at radius 3 is 2.20 bits per heavy atom. The third-order valence-corrected chi connectivity index (χ3v) is 6.22. The first kappa shape index (κ1) is 23.9. The van der Waals surface area contributed by atoms with Crippen molar-refractivity contribution < 1.29 is 14.3 Å². The molecule has 6 heteroatoms. The van der Waals surface area contributed by atoms with Crippen LogP contribution in [-0.2, 0) is 16.1 Å². The van der Waals surface area contributed by atoms with Crippen molar-refractivity contribution in [2.45, 2.75) is 60.2 Å². The summed E-state index contributed by atoms with van der Waals surface area (Å²) in [6.45, 7) is 11.7. The van der Waals surface area contributed by atoms with Crippen molar-refractivity contribution in [2.24, 2.45) is 0 Å². The Balaban J connectivity index is 2.21. The lowest BCUT2D eigenvalue weighted by Crippen LogP contribution is -2.50. The highest BCUT2D eigenvalue weighted by atomic mass is 79.9. The van der Waals surface area contributed by atoms with Crippen molar-refractivity contribution in [3.8, 4) is 5.75 Å². The van der Waals surface area contributed by atoms with Crippen molar-refractivity contribution in [1.82, 2.24) is 10.2 Å². The molecule has 0 fully saturated rings. The molecule has 2 aromatic carbocycles. The zero-order valence-corrected chi connectivity index (χ0v) is 20.2. The molecule has 0 aliphatic heterocycles. The predicted molar refractivity (Wildman–Crippen MR) is 124 cm³/mol. The van der Waals surface area contributed by atoms with E-state index in [0.717, 1.165) is 26.7 Å². The van der Waals surface area contributed by atoms with Gasteiger partial charge in [0, 0.05) is 17.1 Å². The van der Waals surface area contributed by atoms with E-state index in [0.29, 0.717) is 12.3 Å². The number of halogens is 1. The Hall–Kier alpha value is -2.34. The molecule has 2 aromatic rings. The first-order valence-corrected chi connectivity index (χ1v) is 10.9. The molecule has 162 valence electrons. The molecule has 0 aliphatic carbocycles. The van der Waals surface area contributed by atoms with Crippen LogP contribution in [-0.4, -0.2) is 35.4 Å². The zero-order chi connectivity index (χ0) is 22.4. The maximum atomic E-state index is 13.1. The largest absolute Gasteiger partial charge is 0.484 e. The van der Waals surface area contributed by atoms with Crippen LogP contribution in [0.25, 0.3) is 0 Å². The molecule has 30 heavy (non-hydrogen) atoms. The van der Waals surface area contributed by atoms with E-state index in [-0.39, 0.29) is 24.5 Å². The van der Waals surface area contributed by atoms with Gasteiger partial charge >= 0.3 is 0 Å². The Labute approximate surface area is 187 Å². The fourth-order valence-electron chi connectivity index (χ4n) is 3.18. The van der Waals surface area contributed by atoms with E-state index in [1.807, 2.05) is 71.0 Å². The summed E-state index contributed by atoms with van der Waals surface area (Å²) in [6.07, 6.45) is 0. The summed E-state index contributed by atoms with van der Waals surface area (Å²) in [7, 11) is 0. The summed E-state index contributed by atoms with van der Waals surface area (Å²) in [5.41, 5.74) is 4.16. The number of carbonyl (C=O) groups is 2. The second-order valence-electron chi connectivity index (χ2n) is 7.95. The lowest BCUT2D eigenvalue weighted by Gasteiger charge is -2.29. The summed E-state index contributed by atoms with van der Waals surface area (Å²) >= 11 is 3.54. The number of carbonyl (C=O) groups excluding carboxylic acids is 2. The van der Waals surface area contributed by atoms with Crippen LogP contribution in [0, 0.1) is 20.8 Å². The van der Waals surface area contributed by atoms with Crippen LogP contribution in [0.1, 0.15) is 43.0 Å². The molecule has 0 heterocycles. The number of nitrogens with one attached hydrogen (secondary N) is 1. The summed E-state index contributed by atoms with van der Waals surface area (Å²) in [6, 6.07) is 11.0. The number of hydrogen-bond donors (Lipinski definition) is 1. The number of rotatable bonds is 8. The van der Waals surface area contributed by atoms with Gasteiger partial charge in [0.05, 0.1) is 0 Å². The van der Waals surface area contributed by atoms with Gasteiger partial charge in [-0.1, -0.05) is 40.2 Å². The minimum absolute atomic E-state index is 0.000305. The summed E-state index contributed by atoms with van der Waals surface area (Å²) in [5, 5.41) is 2.89. The zero-order valence-electron chi connectivity index (χ0n) is 18.6. The SMILES string of the molecule is Cc1ccccc1CN(C(=O)COc1cc(C)c(Br)c(C)c1)C(C)C(=O)NC(C)C. The second kappa shape index (κ2) is 10.6. The minimum atomic E-state index is -0.614. The van der Waals surface area contributed by atoms with Gasteiger partial charge in [-0.2, -0.15) is 0 Å². The molecule has 0 radical (unpaired) electrons. The fraction of sp³-hybridized carbons (Fsp3) is 0.417. The van der Waals surface area contributed by atoms with Crippen LogP contribution in [0.4, 0.5) is 0 Å². The van der Waals surface area contributed by atoms with E-state index < -0.39 is 6.04 Å². The molecule has 0 aliphatic rings. The van der Waals surface area contributed by atoms with Crippen molar-refractivity contribution in [3.05, 3.63) is 63.1 Å². The van der Waals surface area contributed by atoms with Gasteiger partial charge in [-0.15, -0.1) is 0 Å². The highest BCUT2D eigenvalue weighted by Crippen LogP contribution is 2.26. The fourth-order valence-corrected chi connectivity index (χ4v) is 3.41. The lowest BCUT2D eigenvalue weighted by molar-refractivity contribution is -0.142. The average Bonchev–Trinajstić information content (AvgIpc) is 2.68. The van der Waals surface area contributed by atoms with Crippen molar-refractivity contribution in [3.63, 3.8) is 0 Å². The topological polar surface area (TPSA) is 58.6 Å². The Bertz CT molecular complexity index is 888. The van der Waals surface area contributed by atoms with Gasteiger partial charge in [-0.3, -0.25) is 9.59 Å². The van der Waals surface area contributed by atoms with Crippen LogP contribution < -0.4 is 10.1 Å². The highest BCUT2D eigenvalue weighted by molar-refractivity contribution is 9.10. The van der Waals surface area contributed by atoms with Gasteiger partial charge in [-0.25, -0.2) is 0 Å². The molecule has 5 nitrogen and oxygen atoms in total. The number of nitrogens with zero attached hydrogens (tertiary/aromatic N) is 1. The Morgan fingerprint density at radius 1 is 1.03 bits per heavy atom. The van der Waals surface area contributed by atoms with Gasteiger partial charge in [-0.05, 0) is 75.9 Å². The summed E-state index contributed by atoms with van der Waals surface area (Å²) in [5.74, 6) is 0.224. The summed E-state index contributed by atoms with van der Waals surface area (Å²) in [4.78, 5) is 27.3. The van der Waals surface area contributed by atoms with Crippen LogP contribution in [0.15, 0.2) is 40.9 Å². The van der Waals surface area contributed by atoms with Crippen molar-refractivity contribution in [2.75, 3.05) is 6.61 Å². The second-order valence-corrected chi connectivity index (χ2v) is 8.74. The number of amides is 2. The van der Waals surface area contributed by atoms with Gasteiger partial charge in [0.1, 0.15) is 11.8 Å².